The van der Waals surface area contributed by atoms with Crippen molar-refractivity contribution in [3.05, 3.63) is 97.1 Å². The molecule has 7 aromatic carbocycles. The van der Waals surface area contributed by atoms with Gasteiger partial charge in [-0.2, -0.15) is 0 Å². The fourth-order valence-electron chi connectivity index (χ4n) is 7.60. The van der Waals surface area contributed by atoms with Crippen LogP contribution in [-0.4, -0.2) is 62.8 Å². The lowest BCUT2D eigenvalue weighted by atomic mass is 9.59. The fraction of sp³-hybridized carbons (Fsp3) is 0. The summed E-state index contributed by atoms with van der Waals surface area (Å²) in [5, 5.41) is 8.13. The molecule has 0 radical (unpaired) electrons. The zero-order chi connectivity index (χ0) is 30.9. The van der Waals surface area contributed by atoms with E-state index < -0.39 is 0 Å². The summed E-state index contributed by atoms with van der Waals surface area (Å²) in [6.07, 6.45) is 0. The van der Waals surface area contributed by atoms with Crippen LogP contribution in [0, 0.1) is 0 Å². The average molecular weight is 551 g/mol. The summed E-state index contributed by atoms with van der Waals surface area (Å²) >= 11 is 0. The first kappa shape index (κ1) is 28.6. The average Bonchev–Trinajstić information content (AvgIpc) is 3.06. The molecule has 200 valence electrons. The smallest absolute Gasteiger partial charge is 0.101 e. The zero-order valence-corrected chi connectivity index (χ0v) is 27.2. The quantitative estimate of drug-likeness (QED) is 0.156. The second kappa shape index (κ2) is 10.8. The molecule has 0 spiro atoms. The Balaban J connectivity index is 1.66. The largest absolute Gasteiger partial charge is 0.139 e. The second-order valence-electron chi connectivity index (χ2n) is 12.7. The fourth-order valence-corrected chi connectivity index (χ4v) is 7.60. The first-order valence-electron chi connectivity index (χ1n) is 15.8. The Kier molecular flexibility index (Phi) is 7.00. The van der Waals surface area contributed by atoms with E-state index in [1.165, 1.54) is 109 Å². The Morgan fingerprint density at radius 1 is 0.295 bits per heavy atom. The van der Waals surface area contributed by atoms with E-state index in [2.05, 4.69) is 160 Å². The van der Waals surface area contributed by atoms with E-state index >= 15 is 0 Å². The summed E-state index contributed by atoms with van der Waals surface area (Å²) < 4.78 is 0. The molecule has 44 heavy (non-hydrogen) atoms. The van der Waals surface area contributed by atoms with Crippen molar-refractivity contribution in [3.8, 4) is 33.4 Å². The maximum absolute atomic E-state index is 2.36. The van der Waals surface area contributed by atoms with Crippen molar-refractivity contribution in [2.75, 3.05) is 0 Å². The molecule has 7 aromatic rings. The van der Waals surface area contributed by atoms with Gasteiger partial charge in [-0.05, 0) is 65.7 Å². The van der Waals surface area contributed by atoms with Crippen LogP contribution in [0.15, 0.2) is 97.1 Å². The first-order chi connectivity index (χ1) is 21.2. The summed E-state index contributed by atoms with van der Waals surface area (Å²) in [6.45, 7) is 0. The molecule has 0 amide bonds. The third-order valence-corrected chi connectivity index (χ3v) is 10.7. The third kappa shape index (κ3) is 4.18. The first-order valence-corrected chi connectivity index (χ1v) is 15.8. The third-order valence-electron chi connectivity index (χ3n) is 10.7. The van der Waals surface area contributed by atoms with Crippen LogP contribution in [0.1, 0.15) is 0 Å². The topological polar surface area (TPSA) is 0 Å². The van der Waals surface area contributed by atoms with Crippen molar-refractivity contribution in [1.82, 2.24) is 0 Å². The van der Waals surface area contributed by atoms with Gasteiger partial charge >= 0.3 is 0 Å². The molecule has 0 saturated carbocycles. The van der Waals surface area contributed by atoms with Gasteiger partial charge in [-0.25, -0.2) is 0 Å². The van der Waals surface area contributed by atoms with Crippen molar-refractivity contribution in [1.29, 1.82) is 0 Å². The highest BCUT2D eigenvalue weighted by molar-refractivity contribution is 6.71. The summed E-state index contributed by atoms with van der Waals surface area (Å²) in [5.41, 5.74) is 18.9. The SMILES string of the molecule is Bc1c(B)c(B)c2c(-c3ccc(-c4cccc5ccccc45)cc3)c3c(B)c(B)c(B)c(B)c3c(-c3ccccc3)c2c1B. The van der Waals surface area contributed by atoms with Gasteiger partial charge in [0.25, 0.3) is 0 Å². The Morgan fingerprint density at radius 3 is 1.18 bits per heavy atom. The van der Waals surface area contributed by atoms with E-state index in [0.29, 0.717) is 0 Å². The van der Waals surface area contributed by atoms with Gasteiger partial charge < -0.3 is 0 Å². The Labute approximate surface area is 268 Å². The number of hydrogen-bond donors (Lipinski definition) is 0. The maximum atomic E-state index is 2.36. The Hall–Kier alpha value is -4.16. The van der Waals surface area contributed by atoms with Crippen molar-refractivity contribution in [3.63, 3.8) is 0 Å². The monoisotopic (exact) mass is 552 g/mol. The summed E-state index contributed by atoms with van der Waals surface area (Å²) in [7, 11) is 18.5. The summed E-state index contributed by atoms with van der Waals surface area (Å²) in [4.78, 5) is 0. The van der Waals surface area contributed by atoms with Gasteiger partial charge in [0.05, 0.1) is 0 Å². The van der Waals surface area contributed by atoms with Gasteiger partial charge in [0.1, 0.15) is 62.8 Å². The molecule has 0 aliphatic heterocycles. The lowest BCUT2D eigenvalue weighted by Crippen LogP contribution is -2.50. The highest BCUT2D eigenvalue weighted by Crippen LogP contribution is 2.41. The maximum Gasteiger partial charge on any atom is 0.139 e. The minimum Gasteiger partial charge on any atom is -0.101 e. The molecule has 0 bridgehead atoms. The second-order valence-corrected chi connectivity index (χ2v) is 12.7. The van der Waals surface area contributed by atoms with Crippen LogP contribution in [0.3, 0.4) is 0 Å². The van der Waals surface area contributed by atoms with E-state index in [4.69, 9.17) is 0 Å². The predicted octanol–water partition coefficient (Wildman–Crippen LogP) is -3.79. The molecule has 0 aliphatic rings. The minimum atomic E-state index is 1.25. The molecule has 0 fully saturated rings. The van der Waals surface area contributed by atoms with Crippen molar-refractivity contribution in [2.45, 2.75) is 0 Å². The normalized spacial score (nSPS) is 11.5. The van der Waals surface area contributed by atoms with E-state index in [1.54, 1.807) is 0 Å². The predicted molar refractivity (Wildman–Crippen MR) is 221 cm³/mol. The molecule has 0 aliphatic carbocycles. The Morgan fingerprint density at radius 2 is 0.682 bits per heavy atom. The van der Waals surface area contributed by atoms with Crippen LogP contribution in [0.5, 0.6) is 0 Å². The van der Waals surface area contributed by atoms with Crippen molar-refractivity contribution in [2.24, 2.45) is 0 Å². The molecule has 0 atom stereocenters. The number of fused-ring (bicyclic) bond motifs is 3. The van der Waals surface area contributed by atoms with Gasteiger partial charge in [-0.3, -0.25) is 0 Å². The number of benzene rings is 7. The van der Waals surface area contributed by atoms with Crippen molar-refractivity contribution < 1.29 is 0 Å². The highest BCUT2D eigenvalue weighted by Gasteiger charge is 2.24. The Bertz CT molecular complexity index is 2210. The lowest BCUT2D eigenvalue weighted by molar-refractivity contribution is 1.64. The molecule has 0 nitrogen and oxygen atoms in total. The number of hydrogen-bond acceptors (Lipinski definition) is 0. The molecule has 7 rings (SSSR count). The van der Waals surface area contributed by atoms with Crippen LogP contribution < -0.4 is 43.7 Å². The van der Waals surface area contributed by atoms with Gasteiger partial charge in [0.2, 0.25) is 0 Å². The summed E-state index contributed by atoms with van der Waals surface area (Å²) in [5.74, 6) is 0. The van der Waals surface area contributed by atoms with Crippen molar-refractivity contribution >= 4 is 139 Å². The zero-order valence-electron chi connectivity index (χ0n) is 27.2. The summed E-state index contributed by atoms with van der Waals surface area (Å²) in [6, 6.07) is 35.7. The van der Waals surface area contributed by atoms with Crippen LogP contribution >= 0.6 is 0 Å². The van der Waals surface area contributed by atoms with Gasteiger partial charge in [0, 0.05) is 0 Å². The standard InChI is InChI=1S/C36H32B8/c37-29-25-23(19-8-2-1-3-9-19)26-28(32(40)36(44)34(42)30(26)38)24(27(25)31(39)35(43)33(29)41)20-15-13-18(14-16-20)22-12-6-10-17-7-4-5-11-21(17)22/h1-16H,37-44H2. The van der Waals surface area contributed by atoms with Crippen LogP contribution in [0.25, 0.3) is 65.7 Å². The molecule has 8 heteroatoms. The number of rotatable bonds is 3. The lowest BCUT2D eigenvalue weighted by Gasteiger charge is -2.28. The molecule has 0 heterocycles. The van der Waals surface area contributed by atoms with Gasteiger partial charge in [-0.1, -0.05) is 119 Å². The van der Waals surface area contributed by atoms with Gasteiger partial charge in [-0.15, -0.1) is 21.9 Å². The molecule has 0 aromatic heterocycles. The molecule has 0 unspecified atom stereocenters. The van der Waals surface area contributed by atoms with E-state index in [9.17, 15) is 0 Å². The van der Waals surface area contributed by atoms with Crippen LogP contribution in [0.4, 0.5) is 0 Å². The van der Waals surface area contributed by atoms with Gasteiger partial charge in [0.15, 0.2) is 0 Å². The van der Waals surface area contributed by atoms with Crippen LogP contribution in [0.2, 0.25) is 0 Å². The van der Waals surface area contributed by atoms with E-state index in [0.717, 1.165) is 0 Å². The van der Waals surface area contributed by atoms with E-state index in [1.807, 2.05) is 0 Å². The highest BCUT2D eigenvalue weighted by atomic mass is 14.2. The molecule has 0 saturated heterocycles. The molecule has 0 N–H and O–H groups in total. The molecular weight excluding hydrogens is 519 g/mol. The van der Waals surface area contributed by atoms with E-state index in [-0.39, 0.29) is 0 Å². The molecular formula is C36H32B8. The van der Waals surface area contributed by atoms with Crippen LogP contribution in [-0.2, 0) is 0 Å². The minimum absolute atomic E-state index is 1.25.